The molecule has 0 radical (unpaired) electrons. The number of Topliss-reactive ketones (excluding diaryl/α,β-unsaturated/α-hetero) is 1. The second-order valence-corrected chi connectivity index (χ2v) is 8.66. The van der Waals surface area contributed by atoms with E-state index < -0.39 is 5.25 Å². The lowest BCUT2D eigenvalue weighted by atomic mass is 10.1. The zero-order valence-electron chi connectivity index (χ0n) is 16.8. The van der Waals surface area contributed by atoms with Crippen molar-refractivity contribution < 1.29 is 14.3 Å². The summed E-state index contributed by atoms with van der Waals surface area (Å²) in [6.45, 7) is 5.58. The first kappa shape index (κ1) is 20.2. The number of nitrogens with one attached hydrogen (secondary N) is 1. The average Bonchev–Trinajstić information content (AvgIpc) is 2.72. The van der Waals surface area contributed by atoms with E-state index in [1.54, 1.807) is 41.8 Å². The summed E-state index contributed by atoms with van der Waals surface area (Å²) >= 11 is 1.25. The summed E-state index contributed by atoms with van der Waals surface area (Å²) in [5, 5.41) is 3.29. The predicted molar refractivity (Wildman–Crippen MR) is 117 cm³/mol. The van der Waals surface area contributed by atoms with Gasteiger partial charge < -0.3 is 10.1 Å². The summed E-state index contributed by atoms with van der Waals surface area (Å²) in [6.07, 6.45) is 0. The number of hydrogen-bond donors (Lipinski definition) is 1. The summed E-state index contributed by atoms with van der Waals surface area (Å²) < 4.78 is 6.97. The Labute approximate surface area is 177 Å². The van der Waals surface area contributed by atoms with E-state index in [0.717, 1.165) is 0 Å². The van der Waals surface area contributed by atoms with Crippen LogP contribution in [0.2, 0.25) is 0 Å². The zero-order valence-corrected chi connectivity index (χ0v) is 17.7. The minimum Gasteiger partial charge on any atom is -0.482 e. The van der Waals surface area contributed by atoms with Crippen molar-refractivity contribution in [2.75, 3.05) is 11.9 Å². The molecular formula is C22H21N3O4S. The summed E-state index contributed by atoms with van der Waals surface area (Å²) in [7, 11) is 0. The maximum atomic E-state index is 13.1. The van der Waals surface area contributed by atoms with E-state index in [4.69, 9.17) is 4.74 Å². The number of amides is 1. The number of aromatic nitrogens is 2. The number of ketones is 1. The molecule has 8 heteroatoms. The summed E-state index contributed by atoms with van der Waals surface area (Å²) in [6, 6.07) is 12.1. The third kappa shape index (κ3) is 3.70. The SMILES string of the molecule is CC(C)n1c(S[C@@H](C)C(=O)c2ccc3c(c2)NC(=O)CO3)nc2ccccc2c1=O. The van der Waals surface area contributed by atoms with Crippen LogP contribution in [0.1, 0.15) is 37.2 Å². The monoisotopic (exact) mass is 423 g/mol. The van der Waals surface area contributed by atoms with Crippen molar-refractivity contribution in [3.05, 3.63) is 58.4 Å². The first-order valence-corrected chi connectivity index (χ1v) is 10.5. The lowest BCUT2D eigenvalue weighted by Gasteiger charge is -2.20. The minimum atomic E-state index is -0.485. The molecule has 1 amide bonds. The van der Waals surface area contributed by atoms with Crippen molar-refractivity contribution in [3.63, 3.8) is 0 Å². The molecule has 154 valence electrons. The number of carbonyl (C=O) groups excluding carboxylic acids is 2. The Morgan fingerprint density at radius 1 is 1.17 bits per heavy atom. The van der Waals surface area contributed by atoms with Gasteiger partial charge in [0.05, 0.1) is 21.8 Å². The van der Waals surface area contributed by atoms with Gasteiger partial charge in [0.1, 0.15) is 5.75 Å². The van der Waals surface area contributed by atoms with Crippen LogP contribution in [0, 0.1) is 0 Å². The molecule has 2 aromatic carbocycles. The van der Waals surface area contributed by atoms with Gasteiger partial charge in [-0.15, -0.1) is 0 Å². The number of fused-ring (bicyclic) bond motifs is 2. The molecule has 1 aliphatic rings. The van der Waals surface area contributed by atoms with Crippen LogP contribution in [0.25, 0.3) is 10.9 Å². The lowest BCUT2D eigenvalue weighted by Crippen LogP contribution is -2.27. The van der Waals surface area contributed by atoms with E-state index in [0.29, 0.717) is 33.1 Å². The number of carbonyl (C=O) groups is 2. The Morgan fingerprint density at radius 2 is 1.93 bits per heavy atom. The second-order valence-electron chi connectivity index (χ2n) is 7.35. The normalized spacial score (nSPS) is 14.2. The molecule has 0 saturated heterocycles. The van der Waals surface area contributed by atoms with Crippen LogP contribution in [-0.4, -0.2) is 33.1 Å². The molecule has 2 heterocycles. The standard InChI is InChI=1S/C22H21N3O4S/c1-12(2)25-21(28)15-6-4-5-7-16(15)24-22(25)30-13(3)20(27)14-8-9-18-17(10-14)23-19(26)11-29-18/h4-10,12-13H,11H2,1-3H3,(H,23,26)/t13-/m0/s1. The van der Waals surface area contributed by atoms with Gasteiger partial charge in [0.25, 0.3) is 11.5 Å². The van der Waals surface area contributed by atoms with Crippen molar-refractivity contribution in [1.82, 2.24) is 9.55 Å². The van der Waals surface area contributed by atoms with E-state index in [1.165, 1.54) is 11.8 Å². The highest BCUT2D eigenvalue weighted by molar-refractivity contribution is 8.00. The third-order valence-corrected chi connectivity index (χ3v) is 5.91. The Morgan fingerprint density at radius 3 is 2.70 bits per heavy atom. The van der Waals surface area contributed by atoms with Crippen LogP contribution in [0.4, 0.5) is 5.69 Å². The number of hydrogen-bond acceptors (Lipinski definition) is 6. The Hall–Kier alpha value is -3.13. The van der Waals surface area contributed by atoms with Crippen LogP contribution in [0.15, 0.2) is 52.4 Å². The molecule has 30 heavy (non-hydrogen) atoms. The van der Waals surface area contributed by atoms with Crippen LogP contribution in [0.3, 0.4) is 0 Å². The van der Waals surface area contributed by atoms with Crippen molar-refractivity contribution in [3.8, 4) is 5.75 Å². The van der Waals surface area contributed by atoms with E-state index in [9.17, 15) is 14.4 Å². The molecule has 0 saturated carbocycles. The van der Waals surface area contributed by atoms with Crippen molar-refractivity contribution in [1.29, 1.82) is 0 Å². The minimum absolute atomic E-state index is 0.0348. The average molecular weight is 423 g/mol. The fourth-order valence-corrected chi connectivity index (χ4v) is 4.46. The quantitative estimate of drug-likeness (QED) is 0.383. The molecule has 4 rings (SSSR count). The molecule has 1 atom stereocenters. The van der Waals surface area contributed by atoms with Gasteiger partial charge in [-0.3, -0.25) is 19.0 Å². The third-order valence-electron chi connectivity index (χ3n) is 4.84. The molecule has 1 aromatic heterocycles. The summed E-state index contributed by atoms with van der Waals surface area (Å²) in [4.78, 5) is 42.2. The second kappa shape index (κ2) is 7.95. The summed E-state index contributed by atoms with van der Waals surface area (Å²) in [5.41, 5.74) is 1.43. The molecule has 0 spiro atoms. The predicted octanol–water partition coefficient (Wildman–Crippen LogP) is 3.67. The van der Waals surface area contributed by atoms with Gasteiger partial charge in [0, 0.05) is 11.6 Å². The van der Waals surface area contributed by atoms with Gasteiger partial charge in [0.15, 0.2) is 17.5 Å². The van der Waals surface area contributed by atoms with E-state index >= 15 is 0 Å². The van der Waals surface area contributed by atoms with Crippen LogP contribution in [0.5, 0.6) is 5.75 Å². The topological polar surface area (TPSA) is 90.3 Å². The van der Waals surface area contributed by atoms with Gasteiger partial charge in [-0.2, -0.15) is 0 Å². The molecule has 3 aromatic rings. The Balaban J connectivity index is 1.66. The molecule has 0 aliphatic carbocycles. The summed E-state index contributed by atoms with van der Waals surface area (Å²) in [5.74, 6) is 0.160. The van der Waals surface area contributed by atoms with Gasteiger partial charge in [-0.25, -0.2) is 4.98 Å². The van der Waals surface area contributed by atoms with Gasteiger partial charge in [0.2, 0.25) is 0 Å². The Kier molecular flexibility index (Phi) is 5.34. The van der Waals surface area contributed by atoms with Crippen LogP contribution >= 0.6 is 11.8 Å². The Bertz CT molecular complexity index is 1220. The molecule has 0 bridgehead atoms. The highest BCUT2D eigenvalue weighted by atomic mass is 32.2. The van der Waals surface area contributed by atoms with Crippen molar-refractivity contribution >= 4 is 40.0 Å². The number of ether oxygens (including phenoxy) is 1. The first-order valence-electron chi connectivity index (χ1n) is 9.64. The maximum absolute atomic E-state index is 13.1. The number of nitrogens with zero attached hydrogens (tertiary/aromatic N) is 2. The van der Waals surface area contributed by atoms with E-state index in [2.05, 4.69) is 10.3 Å². The van der Waals surface area contributed by atoms with Crippen LogP contribution in [-0.2, 0) is 4.79 Å². The number of anilines is 1. The van der Waals surface area contributed by atoms with E-state index in [1.807, 2.05) is 26.0 Å². The lowest BCUT2D eigenvalue weighted by molar-refractivity contribution is -0.118. The molecule has 1 N–H and O–H groups in total. The largest absolute Gasteiger partial charge is 0.482 e. The number of rotatable bonds is 5. The van der Waals surface area contributed by atoms with E-state index in [-0.39, 0.29) is 29.9 Å². The smallest absolute Gasteiger partial charge is 0.262 e. The number of thioether (sulfide) groups is 1. The fraction of sp³-hybridized carbons (Fsp3) is 0.273. The van der Waals surface area contributed by atoms with Gasteiger partial charge in [-0.05, 0) is 51.1 Å². The molecular weight excluding hydrogens is 402 g/mol. The highest BCUT2D eigenvalue weighted by Gasteiger charge is 2.24. The molecule has 1 aliphatic heterocycles. The van der Waals surface area contributed by atoms with Gasteiger partial charge >= 0.3 is 0 Å². The maximum Gasteiger partial charge on any atom is 0.262 e. The number of benzene rings is 2. The molecule has 0 fully saturated rings. The zero-order chi connectivity index (χ0) is 21.4. The molecule has 7 nitrogen and oxygen atoms in total. The fourth-order valence-electron chi connectivity index (χ4n) is 3.35. The molecule has 0 unspecified atom stereocenters. The van der Waals surface area contributed by atoms with Crippen molar-refractivity contribution in [2.24, 2.45) is 0 Å². The highest BCUT2D eigenvalue weighted by Crippen LogP contribution is 2.31. The first-order chi connectivity index (χ1) is 14.3. The van der Waals surface area contributed by atoms with Crippen LogP contribution < -0.4 is 15.6 Å². The number of para-hydroxylation sites is 1. The van der Waals surface area contributed by atoms with Crippen molar-refractivity contribution in [2.45, 2.75) is 37.2 Å². The van der Waals surface area contributed by atoms with Gasteiger partial charge in [-0.1, -0.05) is 23.9 Å².